The maximum atomic E-state index is 13.2. The number of hydrogen-bond donors (Lipinski definition) is 1. The summed E-state index contributed by atoms with van der Waals surface area (Å²) in [5.74, 6) is -1.23. The highest BCUT2D eigenvalue weighted by molar-refractivity contribution is 7.22. The summed E-state index contributed by atoms with van der Waals surface area (Å²) in [4.78, 5) is 36.6. The van der Waals surface area contributed by atoms with E-state index in [1.807, 2.05) is 19.1 Å². The lowest BCUT2D eigenvalue weighted by Gasteiger charge is -2.23. The number of carbonyl (C=O) groups excluding carboxylic acids is 2. The molecule has 0 bridgehead atoms. The van der Waals surface area contributed by atoms with E-state index in [0.29, 0.717) is 22.1 Å². The second-order valence-corrected chi connectivity index (χ2v) is 8.20. The Bertz CT molecular complexity index is 1380. The lowest BCUT2D eigenvalue weighted by molar-refractivity contribution is -0.117. The van der Waals surface area contributed by atoms with Gasteiger partial charge in [0.1, 0.15) is 11.8 Å². The highest BCUT2D eigenvalue weighted by Crippen LogP contribution is 2.44. The normalized spacial score (nSPS) is 16.2. The number of carbonyl (C=O) groups is 2. The number of pyridine rings is 1. The first-order valence-electron chi connectivity index (χ1n) is 9.70. The molecule has 0 radical (unpaired) electrons. The zero-order chi connectivity index (χ0) is 22.4. The average molecular weight is 447 g/mol. The highest BCUT2D eigenvalue weighted by Gasteiger charge is 2.47. The van der Waals surface area contributed by atoms with Crippen LogP contribution in [0.2, 0.25) is 0 Å². The molecule has 0 aliphatic carbocycles. The molecule has 0 saturated heterocycles. The topological polar surface area (TPSA) is 106 Å². The second kappa shape index (κ2) is 7.61. The Hall–Kier alpha value is -3.98. The van der Waals surface area contributed by atoms with Gasteiger partial charge in [0.15, 0.2) is 16.7 Å². The van der Waals surface area contributed by atoms with Crippen LogP contribution in [0.15, 0.2) is 70.7 Å². The number of Topliss-reactive ketones (excluding diaryl/α,β-unsaturated/α-hetero) is 1. The molecule has 160 valence electrons. The third-order valence-electron chi connectivity index (χ3n) is 5.27. The fourth-order valence-electron chi connectivity index (χ4n) is 3.76. The minimum Gasteiger partial charge on any atom is -0.503 e. The van der Waals surface area contributed by atoms with Crippen molar-refractivity contribution in [2.45, 2.75) is 13.0 Å². The molecule has 4 aromatic rings. The Morgan fingerprint density at radius 2 is 2.09 bits per heavy atom. The number of ketones is 1. The number of thiazole rings is 1. The number of furan rings is 1. The van der Waals surface area contributed by atoms with Crippen LogP contribution in [0.25, 0.3) is 10.2 Å². The number of methoxy groups -OCH3 is 1. The van der Waals surface area contributed by atoms with Crippen LogP contribution >= 0.6 is 11.3 Å². The summed E-state index contributed by atoms with van der Waals surface area (Å²) < 4.78 is 11.4. The van der Waals surface area contributed by atoms with Gasteiger partial charge in [-0.15, -0.1) is 0 Å². The number of aryl methyl sites for hydroxylation is 1. The SMILES string of the molecule is COc1cc2sc(N3C(=O)C(O)=C(C(=O)c4ccco4)C3c3ccccn3)nc2cc1C. The van der Waals surface area contributed by atoms with Crippen molar-refractivity contribution in [3.05, 3.63) is 83.3 Å². The number of rotatable bonds is 5. The molecular formula is C23H17N3O5S. The number of fused-ring (bicyclic) bond motifs is 1. The van der Waals surface area contributed by atoms with Crippen molar-refractivity contribution in [1.82, 2.24) is 9.97 Å². The quantitative estimate of drug-likeness (QED) is 0.453. The van der Waals surface area contributed by atoms with Crippen molar-refractivity contribution in [3.63, 3.8) is 0 Å². The first kappa shape index (κ1) is 20.0. The van der Waals surface area contributed by atoms with E-state index in [1.165, 1.54) is 28.6 Å². The van der Waals surface area contributed by atoms with Crippen molar-refractivity contribution in [2.24, 2.45) is 0 Å². The van der Waals surface area contributed by atoms with E-state index >= 15 is 0 Å². The maximum Gasteiger partial charge on any atom is 0.296 e. The Morgan fingerprint density at radius 1 is 1.25 bits per heavy atom. The smallest absolute Gasteiger partial charge is 0.296 e. The molecule has 8 nitrogen and oxygen atoms in total. The van der Waals surface area contributed by atoms with E-state index in [0.717, 1.165) is 10.3 Å². The summed E-state index contributed by atoms with van der Waals surface area (Å²) in [7, 11) is 1.59. The van der Waals surface area contributed by atoms with Gasteiger partial charge in [-0.2, -0.15) is 0 Å². The minimum absolute atomic E-state index is 0.0202. The standard InChI is InChI=1S/C23H17N3O5S/c1-12-10-14-17(11-16(12)30-2)32-23(25-14)26-19(13-6-3-4-8-24-13)18(21(28)22(26)29)20(27)15-7-5-9-31-15/h3-11,19,28H,1-2H3. The summed E-state index contributed by atoms with van der Waals surface area (Å²) in [6.07, 6.45) is 2.92. The average Bonchev–Trinajstić information content (AvgIpc) is 3.52. The van der Waals surface area contributed by atoms with Crippen molar-refractivity contribution < 1.29 is 23.8 Å². The molecule has 5 rings (SSSR count). The summed E-state index contributed by atoms with van der Waals surface area (Å²) in [5.41, 5.74) is 1.91. The van der Waals surface area contributed by atoms with Crippen LogP contribution in [-0.4, -0.2) is 33.9 Å². The van der Waals surface area contributed by atoms with E-state index in [4.69, 9.17) is 9.15 Å². The van der Waals surface area contributed by atoms with Crippen LogP contribution in [-0.2, 0) is 4.79 Å². The number of nitrogens with zero attached hydrogens (tertiary/aromatic N) is 3. The number of benzene rings is 1. The van der Waals surface area contributed by atoms with Crippen molar-refractivity contribution >= 4 is 38.4 Å². The van der Waals surface area contributed by atoms with Gasteiger partial charge in [0.25, 0.3) is 5.91 Å². The molecule has 4 heterocycles. The van der Waals surface area contributed by atoms with E-state index in [2.05, 4.69) is 9.97 Å². The predicted molar refractivity (Wildman–Crippen MR) is 118 cm³/mol. The Labute approximate surface area is 186 Å². The van der Waals surface area contributed by atoms with Gasteiger partial charge in [0.2, 0.25) is 5.78 Å². The van der Waals surface area contributed by atoms with Gasteiger partial charge in [-0.25, -0.2) is 4.98 Å². The van der Waals surface area contributed by atoms with E-state index in [9.17, 15) is 14.7 Å². The van der Waals surface area contributed by atoms with Crippen LogP contribution in [0.1, 0.15) is 27.9 Å². The zero-order valence-electron chi connectivity index (χ0n) is 17.1. The van der Waals surface area contributed by atoms with Gasteiger partial charge in [0.05, 0.1) is 34.9 Å². The Morgan fingerprint density at radius 3 is 2.78 bits per heavy atom. The molecule has 1 aromatic carbocycles. The zero-order valence-corrected chi connectivity index (χ0v) is 17.9. The van der Waals surface area contributed by atoms with Gasteiger partial charge >= 0.3 is 0 Å². The van der Waals surface area contributed by atoms with E-state index < -0.39 is 23.5 Å². The third kappa shape index (κ3) is 3.05. The summed E-state index contributed by atoms with van der Waals surface area (Å²) >= 11 is 1.26. The van der Waals surface area contributed by atoms with Gasteiger partial charge in [-0.1, -0.05) is 17.4 Å². The monoisotopic (exact) mass is 447 g/mol. The number of aliphatic hydroxyl groups is 1. The second-order valence-electron chi connectivity index (χ2n) is 7.19. The number of ether oxygens (including phenoxy) is 1. The van der Waals surface area contributed by atoms with Crippen LogP contribution in [0.5, 0.6) is 5.75 Å². The molecule has 1 unspecified atom stereocenters. The first-order chi connectivity index (χ1) is 15.5. The van der Waals surface area contributed by atoms with Crippen molar-refractivity contribution in [2.75, 3.05) is 12.0 Å². The summed E-state index contributed by atoms with van der Waals surface area (Å²) in [6, 6.07) is 11.0. The molecule has 32 heavy (non-hydrogen) atoms. The number of anilines is 1. The number of amides is 1. The molecule has 1 amide bonds. The number of hydrogen-bond acceptors (Lipinski definition) is 8. The van der Waals surface area contributed by atoms with Crippen LogP contribution in [0.4, 0.5) is 5.13 Å². The molecule has 0 spiro atoms. The fourth-order valence-corrected chi connectivity index (χ4v) is 4.77. The molecule has 0 fully saturated rings. The molecule has 1 aliphatic rings. The van der Waals surface area contributed by atoms with Crippen LogP contribution in [0, 0.1) is 6.92 Å². The lowest BCUT2D eigenvalue weighted by atomic mass is 9.99. The molecule has 9 heteroatoms. The van der Waals surface area contributed by atoms with E-state index in [1.54, 1.807) is 37.6 Å². The van der Waals surface area contributed by atoms with Crippen LogP contribution < -0.4 is 9.64 Å². The molecule has 1 N–H and O–H groups in total. The third-order valence-corrected chi connectivity index (χ3v) is 6.28. The maximum absolute atomic E-state index is 13.2. The molecular weight excluding hydrogens is 430 g/mol. The Kier molecular flexibility index (Phi) is 4.75. The van der Waals surface area contributed by atoms with Crippen molar-refractivity contribution in [3.8, 4) is 5.75 Å². The van der Waals surface area contributed by atoms with Gasteiger partial charge < -0.3 is 14.3 Å². The first-order valence-corrected chi connectivity index (χ1v) is 10.5. The van der Waals surface area contributed by atoms with Gasteiger partial charge in [-0.3, -0.25) is 19.5 Å². The molecule has 0 saturated carbocycles. The number of aliphatic hydroxyl groups excluding tert-OH is 1. The molecule has 3 aromatic heterocycles. The van der Waals surface area contributed by atoms with Gasteiger partial charge in [0, 0.05) is 6.20 Å². The van der Waals surface area contributed by atoms with E-state index in [-0.39, 0.29) is 11.3 Å². The Balaban J connectivity index is 1.67. The lowest BCUT2D eigenvalue weighted by Crippen LogP contribution is -2.31. The highest BCUT2D eigenvalue weighted by atomic mass is 32.1. The largest absolute Gasteiger partial charge is 0.503 e. The number of aromatic nitrogens is 2. The fraction of sp³-hybridized carbons (Fsp3) is 0.130. The van der Waals surface area contributed by atoms with Crippen molar-refractivity contribution in [1.29, 1.82) is 0 Å². The summed E-state index contributed by atoms with van der Waals surface area (Å²) in [6.45, 7) is 1.91. The molecule has 1 atom stereocenters. The van der Waals surface area contributed by atoms with Gasteiger partial charge in [-0.05, 0) is 48.9 Å². The van der Waals surface area contributed by atoms with Crippen LogP contribution in [0.3, 0.4) is 0 Å². The predicted octanol–water partition coefficient (Wildman–Crippen LogP) is 4.38. The molecule has 1 aliphatic heterocycles. The minimum atomic E-state index is -0.954. The summed E-state index contributed by atoms with van der Waals surface area (Å²) in [5, 5.41) is 11.1.